The molecule has 0 aliphatic heterocycles. The molecule has 0 bridgehead atoms. The summed E-state index contributed by atoms with van der Waals surface area (Å²) in [7, 11) is -0.402. The summed E-state index contributed by atoms with van der Waals surface area (Å²) in [5.41, 5.74) is 0.816. The van der Waals surface area contributed by atoms with Gasteiger partial charge >= 0.3 is 0 Å². The maximum atomic E-state index is 12.3. The topological polar surface area (TPSA) is 73.9 Å². The minimum absolute atomic E-state index is 0.250. The lowest BCUT2D eigenvalue weighted by molar-refractivity contribution is 0.0531. The van der Waals surface area contributed by atoms with Crippen LogP contribution in [0.3, 0.4) is 0 Å². The third kappa shape index (κ3) is 5.85. The highest BCUT2D eigenvalue weighted by Crippen LogP contribution is 2.38. The van der Waals surface area contributed by atoms with Crippen LogP contribution in [-0.2, 0) is 14.8 Å². The van der Waals surface area contributed by atoms with Gasteiger partial charge in [-0.25, -0.2) is 13.1 Å². The van der Waals surface area contributed by atoms with Crippen molar-refractivity contribution in [3.8, 4) is 11.5 Å². The van der Waals surface area contributed by atoms with Gasteiger partial charge in [-0.05, 0) is 38.0 Å². The molecule has 28 heavy (non-hydrogen) atoms. The quantitative estimate of drug-likeness (QED) is 0.544. The van der Waals surface area contributed by atoms with E-state index in [1.807, 2.05) is 6.92 Å². The first-order valence-electron chi connectivity index (χ1n) is 9.00. The van der Waals surface area contributed by atoms with Crippen molar-refractivity contribution in [1.29, 1.82) is 0 Å². The summed E-state index contributed by atoms with van der Waals surface area (Å²) >= 11 is 6.17. The van der Waals surface area contributed by atoms with Crippen molar-refractivity contribution in [3.05, 3.63) is 53.1 Å². The fourth-order valence-corrected chi connectivity index (χ4v) is 4.17. The SMILES string of the molecule is CCOC(CCCNS(=O)(=O)c1ccccc1)c1cc(OC)c(Cl)cc1OC. The predicted molar refractivity (Wildman–Crippen MR) is 110 cm³/mol. The number of hydrogen-bond donors (Lipinski definition) is 1. The normalized spacial score (nSPS) is 12.6. The number of methoxy groups -OCH3 is 2. The van der Waals surface area contributed by atoms with Crippen LogP contribution in [0, 0.1) is 0 Å². The predicted octanol–water partition coefficient (Wildman–Crippen LogP) is 4.19. The minimum Gasteiger partial charge on any atom is -0.496 e. The fraction of sp³-hybridized carbons (Fsp3) is 0.400. The Morgan fingerprint density at radius 3 is 2.36 bits per heavy atom. The van der Waals surface area contributed by atoms with Crippen molar-refractivity contribution < 1.29 is 22.6 Å². The molecule has 2 rings (SSSR count). The number of halogens is 1. The van der Waals surface area contributed by atoms with Gasteiger partial charge < -0.3 is 14.2 Å². The lowest BCUT2D eigenvalue weighted by Crippen LogP contribution is -2.25. The summed E-state index contributed by atoms with van der Waals surface area (Å²) in [6, 6.07) is 11.8. The Kier molecular flexibility index (Phi) is 8.57. The molecule has 0 amide bonds. The van der Waals surface area contributed by atoms with E-state index in [-0.39, 0.29) is 11.0 Å². The number of sulfonamides is 1. The Balaban J connectivity index is 2.06. The third-order valence-electron chi connectivity index (χ3n) is 4.21. The molecule has 1 atom stereocenters. The molecule has 154 valence electrons. The van der Waals surface area contributed by atoms with Gasteiger partial charge in [0, 0.05) is 24.8 Å². The summed E-state index contributed by atoms with van der Waals surface area (Å²) in [5, 5.41) is 0.453. The number of ether oxygens (including phenoxy) is 3. The highest BCUT2D eigenvalue weighted by atomic mass is 35.5. The molecule has 6 nitrogen and oxygen atoms in total. The van der Waals surface area contributed by atoms with Crippen molar-refractivity contribution in [1.82, 2.24) is 4.72 Å². The molecule has 0 radical (unpaired) electrons. The minimum atomic E-state index is -3.52. The zero-order chi connectivity index (χ0) is 20.6. The van der Waals surface area contributed by atoms with Crippen molar-refractivity contribution in [2.45, 2.75) is 30.8 Å². The monoisotopic (exact) mass is 427 g/mol. The van der Waals surface area contributed by atoms with Crippen molar-refractivity contribution in [3.63, 3.8) is 0 Å². The van der Waals surface area contributed by atoms with Crippen LogP contribution in [0.2, 0.25) is 5.02 Å². The van der Waals surface area contributed by atoms with Gasteiger partial charge in [0.05, 0.1) is 30.2 Å². The van der Waals surface area contributed by atoms with Crippen LogP contribution in [0.4, 0.5) is 0 Å². The Morgan fingerprint density at radius 1 is 1.07 bits per heavy atom. The first-order chi connectivity index (χ1) is 13.4. The molecular weight excluding hydrogens is 402 g/mol. The second kappa shape index (κ2) is 10.7. The van der Waals surface area contributed by atoms with Crippen molar-refractivity contribution in [2.24, 2.45) is 0 Å². The van der Waals surface area contributed by atoms with Crippen molar-refractivity contribution in [2.75, 3.05) is 27.4 Å². The Hall–Kier alpha value is -1.80. The van der Waals surface area contributed by atoms with E-state index >= 15 is 0 Å². The zero-order valence-electron chi connectivity index (χ0n) is 16.3. The molecule has 0 saturated heterocycles. The van der Waals surface area contributed by atoms with Gasteiger partial charge in [0.1, 0.15) is 11.5 Å². The summed E-state index contributed by atoms with van der Waals surface area (Å²) < 4.78 is 43.8. The molecule has 0 spiro atoms. The van der Waals surface area contributed by atoms with Gasteiger partial charge in [-0.1, -0.05) is 29.8 Å². The molecule has 1 N–H and O–H groups in total. The zero-order valence-corrected chi connectivity index (χ0v) is 17.8. The van der Waals surface area contributed by atoms with Crippen LogP contribution in [0.25, 0.3) is 0 Å². The van der Waals surface area contributed by atoms with Gasteiger partial charge in [-0.15, -0.1) is 0 Å². The first-order valence-corrected chi connectivity index (χ1v) is 10.9. The van der Waals surface area contributed by atoms with Crippen LogP contribution in [0.5, 0.6) is 11.5 Å². The number of benzene rings is 2. The van der Waals surface area contributed by atoms with Crippen LogP contribution in [0.1, 0.15) is 31.4 Å². The van der Waals surface area contributed by atoms with E-state index in [1.165, 1.54) is 0 Å². The van der Waals surface area contributed by atoms with Gasteiger partial charge in [-0.2, -0.15) is 0 Å². The molecule has 0 heterocycles. The Bertz CT molecular complexity index is 858. The summed E-state index contributed by atoms with van der Waals surface area (Å²) in [5.74, 6) is 1.14. The molecule has 0 aromatic heterocycles. The van der Waals surface area contributed by atoms with Crippen molar-refractivity contribution >= 4 is 21.6 Å². The van der Waals surface area contributed by atoms with Gasteiger partial charge in [0.25, 0.3) is 0 Å². The number of rotatable bonds is 11. The molecule has 0 fully saturated rings. The molecule has 0 saturated carbocycles. The van der Waals surface area contributed by atoms with Crippen LogP contribution in [0.15, 0.2) is 47.4 Å². The first kappa shape index (κ1) is 22.5. The summed E-state index contributed by atoms with van der Waals surface area (Å²) in [4.78, 5) is 0.250. The average Bonchev–Trinajstić information content (AvgIpc) is 2.70. The van der Waals surface area contributed by atoms with E-state index in [2.05, 4.69) is 4.72 Å². The van der Waals surface area contributed by atoms with Crippen LogP contribution >= 0.6 is 11.6 Å². The van der Waals surface area contributed by atoms with Crippen LogP contribution < -0.4 is 14.2 Å². The highest BCUT2D eigenvalue weighted by Gasteiger charge is 2.20. The molecule has 0 aliphatic carbocycles. The van der Waals surface area contributed by atoms with Gasteiger partial charge in [-0.3, -0.25) is 0 Å². The van der Waals surface area contributed by atoms with E-state index in [0.717, 1.165) is 5.56 Å². The second-order valence-electron chi connectivity index (χ2n) is 6.03. The maximum Gasteiger partial charge on any atom is 0.240 e. The largest absolute Gasteiger partial charge is 0.496 e. The summed E-state index contributed by atoms with van der Waals surface area (Å²) in [6.07, 6.45) is 0.921. The Morgan fingerprint density at radius 2 is 1.75 bits per heavy atom. The number of hydrogen-bond acceptors (Lipinski definition) is 5. The fourth-order valence-electron chi connectivity index (χ4n) is 2.84. The van der Waals surface area contributed by atoms with E-state index in [0.29, 0.717) is 42.5 Å². The third-order valence-corrected chi connectivity index (χ3v) is 5.98. The lowest BCUT2D eigenvalue weighted by Gasteiger charge is -2.21. The lowest BCUT2D eigenvalue weighted by atomic mass is 10.0. The maximum absolute atomic E-state index is 12.3. The molecule has 2 aromatic carbocycles. The van der Waals surface area contributed by atoms with E-state index < -0.39 is 10.0 Å². The van der Waals surface area contributed by atoms with Gasteiger partial charge in [0.2, 0.25) is 10.0 Å². The average molecular weight is 428 g/mol. The molecule has 1 unspecified atom stereocenters. The molecule has 8 heteroatoms. The molecule has 0 aliphatic rings. The molecule has 2 aromatic rings. The highest BCUT2D eigenvalue weighted by molar-refractivity contribution is 7.89. The Labute approximate surface area is 171 Å². The van der Waals surface area contributed by atoms with Gasteiger partial charge in [0.15, 0.2) is 0 Å². The van der Waals surface area contributed by atoms with Crippen LogP contribution in [-0.4, -0.2) is 35.8 Å². The molecular formula is C20H26ClNO5S. The second-order valence-corrected chi connectivity index (χ2v) is 8.20. The number of nitrogens with one attached hydrogen (secondary N) is 1. The summed E-state index contributed by atoms with van der Waals surface area (Å²) in [6.45, 7) is 2.72. The van der Waals surface area contributed by atoms with E-state index in [9.17, 15) is 8.42 Å². The standard InChI is InChI=1S/C20H26ClNO5S/c1-4-27-18(16-13-20(26-3)17(21)14-19(16)25-2)11-8-12-22-28(23,24)15-9-6-5-7-10-15/h5-7,9-10,13-14,18,22H,4,8,11-12H2,1-3H3. The van der Waals surface area contributed by atoms with E-state index in [1.54, 1.807) is 56.7 Å². The smallest absolute Gasteiger partial charge is 0.240 e. The van der Waals surface area contributed by atoms with E-state index in [4.69, 9.17) is 25.8 Å².